The first-order chi connectivity index (χ1) is 28.5. The fourth-order valence-corrected chi connectivity index (χ4v) is 9.87. The van der Waals surface area contributed by atoms with Gasteiger partial charge in [0.2, 0.25) is 0 Å². The molecular formula is C55H39N3. The SMILES string of the molecule is CC1(C)c2ccccc2C2(c3ccccc3-c3ccccc32)c2cccc(-c3cccc(-c4nc(-c5ccccc5)nc(-c5cccc(-c6ccccc6)c5)n4)c3)c21. The molecule has 0 saturated carbocycles. The van der Waals surface area contributed by atoms with Gasteiger partial charge in [-0.1, -0.05) is 202 Å². The van der Waals surface area contributed by atoms with Crippen molar-refractivity contribution < 1.29 is 0 Å². The molecule has 1 heterocycles. The normalized spacial score (nSPS) is 14.0. The minimum atomic E-state index is -0.454. The molecule has 11 rings (SSSR count). The molecule has 3 nitrogen and oxygen atoms in total. The van der Waals surface area contributed by atoms with Crippen LogP contribution in [0.5, 0.6) is 0 Å². The van der Waals surface area contributed by atoms with Gasteiger partial charge in [0, 0.05) is 22.1 Å². The zero-order valence-corrected chi connectivity index (χ0v) is 32.4. The number of nitrogens with zero attached hydrogens (tertiary/aromatic N) is 3. The third-order valence-electron chi connectivity index (χ3n) is 12.4. The van der Waals surface area contributed by atoms with Crippen molar-refractivity contribution in [1.82, 2.24) is 15.0 Å². The average Bonchev–Trinajstić information content (AvgIpc) is 3.59. The van der Waals surface area contributed by atoms with Crippen LogP contribution in [-0.4, -0.2) is 15.0 Å². The Kier molecular flexibility index (Phi) is 7.74. The summed E-state index contributed by atoms with van der Waals surface area (Å²) in [5, 5.41) is 0. The predicted molar refractivity (Wildman–Crippen MR) is 236 cm³/mol. The summed E-state index contributed by atoms with van der Waals surface area (Å²) in [6.07, 6.45) is 0. The molecule has 274 valence electrons. The molecule has 0 aliphatic heterocycles. The monoisotopic (exact) mass is 741 g/mol. The molecule has 1 aromatic heterocycles. The summed E-state index contributed by atoms with van der Waals surface area (Å²) >= 11 is 0. The van der Waals surface area contributed by atoms with Crippen molar-refractivity contribution >= 4 is 0 Å². The maximum atomic E-state index is 5.20. The van der Waals surface area contributed by atoms with E-state index in [1.54, 1.807) is 0 Å². The van der Waals surface area contributed by atoms with Crippen LogP contribution in [0.15, 0.2) is 200 Å². The highest BCUT2D eigenvalue weighted by Gasteiger charge is 2.53. The molecule has 0 fully saturated rings. The largest absolute Gasteiger partial charge is 0.208 e. The molecule has 0 atom stereocenters. The third kappa shape index (κ3) is 5.10. The summed E-state index contributed by atoms with van der Waals surface area (Å²) in [6.45, 7) is 4.79. The van der Waals surface area contributed by atoms with Crippen LogP contribution in [0.4, 0.5) is 0 Å². The zero-order valence-electron chi connectivity index (χ0n) is 32.4. The summed E-state index contributed by atoms with van der Waals surface area (Å²) < 4.78 is 0. The molecule has 0 amide bonds. The molecule has 0 radical (unpaired) electrons. The molecule has 1 spiro atoms. The topological polar surface area (TPSA) is 38.7 Å². The Labute approximate surface area is 339 Å². The lowest BCUT2D eigenvalue weighted by atomic mass is 9.54. The number of benzene rings is 8. The van der Waals surface area contributed by atoms with E-state index >= 15 is 0 Å². The average molecular weight is 742 g/mol. The Morgan fingerprint density at radius 2 is 0.690 bits per heavy atom. The summed E-state index contributed by atoms with van der Waals surface area (Å²) in [6, 6.07) is 72.0. The molecule has 0 saturated heterocycles. The van der Waals surface area contributed by atoms with Gasteiger partial charge in [0.15, 0.2) is 17.5 Å². The van der Waals surface area contributed by atoms with Crippen LogP contribution >= 0.6 is 0 Å². The van der Waals surface area contributed by atoms with Gasteiger partial charge >= 0.3 is 0 Å². The maximum absolute atomic E-state index is 5.20. The van der Waals surface area contributed by atoms with E-state index in [4.69, 9.17) is 15.0 Å². The van der Waals surface area contributed by atoms with Crippen LogP contribution in [0, 0.1) is 0 Å². The number of hydrogen-bond acceptors (Lipinski definition) is 3. The summed E-state index contributed by atoms with van der Waals surface area (Å²) in [5.41, 5.74) is 17.4. The fourth-order valence-electron chi connectivity index (χ4n) is 9.87. The fraction of sp³-hybridized carbons (Fsp3) is 0.0727. The van der Waals surface area contributed by atoms with Gasteiger partial charge in [-0.05, 0) is 78.9 Å². The first-order valence-electron chi connectivity index (χ1n) is 20.0. The molecule has 9 aromatic rings. The predicted octanol–water partition coefficient (Wildman–Crippen LogP) is 13.2. The van der Waals surface area contributed by atoms with E-state index in [9.17, 15) is 0 Å². The van der Waals surface area contributed by atoms with E-state index in [-0.39, 0.29) is 5.41 Å². The van der Waals surface area contributed by atoms with Gasteiger partial charge in [0.1, 0.15) is 0 Å². The van der Waals surface area contributed by atoms with Gasteiger partial charge in [0.25, 0.3) is 0 Å². The highest BCUT2D eigenvalue weighted by atomic mass is 15.0. The summed E-state index contributed by atoms with van der Waals surface area (Å²) in [4.78, 5) is 15.4. The zero-order chi connectivity index (χ0) is 38.8. The van der Waals surface area contributed by atoms with Crippen molar-refractivity contribution in [2.75, 3.05) is 0 Å². The van der Waals surface area contributed by atoms with Crippen molar-refractivity contribution in [2.45, 2.75) is 24.7 Å². The van der Waals surface area contributed by atoms with Crippen LogP contribution < -0.4 is 0 Å². The Morgan fingerprint density at radius 3 is 1.31 bits per heavy atom. The lowest BCUT2D eigenvalue weighted by Crippen LogP contribution is -2.41. The van der Waals surface area contributed by atoms with E-state index in [2.05, 4.69) is 190 Å². The Hall–Kier alpha value is -7.23. The van der Waals surface area contributed by atoms with E-state index in [1.165, 1.54) is 50.1 Å². The maximum Gasteiger partial charge on any atom is 0.164 e. The van der Waals surface area contributed by atoms with Gasteiger partial charge in [-0.2, -0.15) is 0 Å². The molecule has 8 aromatic carbocycles. The van der Waals surface area contributed by atoms with Gasteiger partial charge in [0.05, 0.1) is 5.41 Å². The van der Waals surface area contributed by atoms with Gasteiger partial charge < -0.3 is 0 Å². The smallest absolute Gasteiger partial charge is 0.164 e. The van der Waals surface area contributed by atoms with E-state index in [0.29, 0.717) is 17.5 Å². The van der Waals surface area contributed by atoms with Crippen LogP contribution in [0.25, 0.3) is 67.5 Å². The highest BCUT2D eigenvalue weighted by Crippen LogP contribution is 2.63. The number of aromatic nitrogens is 3. The number of rotatable bonds is 5. The van der Waals surface area contributed by atoms with Gasteiger partial charge in [-0.25, -0.2) is 15.0 Å². The molecule has 3 heteroatoms. The van der Waals surface area contributed by atoms with E-state index in [1.807, 2.05) is 24.3 Å². The van der Waals surface area contributed by atoms with Crippen LogP contribution in [0.3, 0.4) is 0 Å². The second-order valence-corrected chi connectivity index (χ2v) is 15.9. The second-order valence-electron chi connectivity index (χ2n) is 15.9. The molecule has 58 heavy (non-hydrogen) atoms. The third-order valence-corrected chi connectivity index (χ3v) is 12.4. The Balaban J connectivity index is 1.11. The summed E-state index contributed by atoms with van der Waals surface area (Å²) in [7, 11) is 0. The highest BCUT2D eigenvalue weighted by molar-refractivity contribution is 5.90. The van der Waals surface area contributed by atoms with Crippen molar-refractivity contribution in [3.8, 4) is 67.5 Å². The molecular weight excluding hydrogens is 703 g/mol. The summed E-state index contributed by atoms with van der Waals surface area (Å²) in [5.74, 6) is 1.93. The first-order valence-corrected chi connectivity index (χ1v) is 20.0. The van der Waals surface area contributed by atoms with E-state index in [0.717, 1.165) is 33.4 Å². The number of fused-ring (bicyclic) bond motifs is 9. The Bertz CT molecular complexity index is 2990. The quantitative estimate of drug-likeness (QED) is 0.176. The molecule has 0 bridgehead atoms. The molecule has 0 unspecified atom stereocenters. The van der Waals surface area contributed by atoms with Crippen LogP contribution in [-0.2, 0) is 10.8 Å². The van der Waals surface area contributed by atoms with Crippen molar-refractivity contribution in [3.05, 3.63) is 234 Å². The van der Waals surface area contributed by atoms with Gasteiger partial charge in [-0.15, -0.1) is 0 Å². The Morgan fingerprint density at radius 1 is 0.293 bits per heavy atom. The minimum absolute atomic E-state index is 0.291. The second kappa shape index (κ2) is 13.2. The van der Waals surface area contributed by atoms with Gasteiger partial charge in [-0.3, -0.25) is 0 Å². The lowest BCUT2D eigenvalue weighted by molar-refractivity contribution is 0.565. The van der Waals surface area contributed by atoms with Crippen molar-refractivity contribution in [2.24, 2.45) is 0 Å². The van der Waals surface area contributed by atoms with Crippen LogP contribution in [0.2, 0.25) is 0 Å². The molecule has 2 aliphatic carbocycles. The first kappa shape index (κ1) is 34.1. The minimum Gasteiger partial charge on any atom is -0.208 e. The van der Waals surface area contributed by atoms with Crippen molar-refractivity contribution in [1.29, 1.82) is 0 Å². The lowest BCUT2D eigenvalue weighted by Gasteiger charge is -2.47. The standard InChI is InChI=1S/C55H39N3/c1-54(2)47-31-13-14-32-48(47)55(45-29-11-9-26-43(45)44-27-10-12-30-46(44)55)49-33-17-28-42(50(49)54)39-23-16-25-41(35-39)53-57-51(37-20-7-4-8-21-37)56-52(58-53)40-24-15-22-38(34-40)36-18-5-3-6-19-36/h3-35H,1-2H3. The van der Waals surface area contributed by atoms with E-state index < -0.39 is 5.41 Å². The molecule has 0 N–H and O–H groups in total. The number of hydrogen-bond donors (Lipinski definition) is 0. The molecule has 2 aliphatic rings. The van der Waals surface area contributed by atoms with Crippen LogP contribution in [0.1, 0.15) is 47.2 Å². The van der Waals surface area contributed by atoms with Crippen molar-refractivity contribution in [3.63, 3.8) is 0 Å².